The van der Waals surface area contributed by atoms with Crippen molar-refractivity contribution in [1.29, 1.82) is 0 Å². The number of benzene rings is 2. The highest BCUT2D eigenvalue weighted by Gasteiger charge is 2.33. The second-order valence-corrected chi connectivity index (χ2v) is 7.03. The number of nitrogens with zero attached hydrogens (tertiary/aromatic N) is 1. The van der Waals surface area contributed by atoms with Crippen LogP contribution in [0, 0.1) is 0 Å². The summed E-state index contributed by atoms with van der Waals surface area (Å²) in [6.07, 6.45) is -2.39. The first-order valence-electron chi connectivity index (χ1n) is 8.98. The number of alkyl halides is 3. The zero-order valence-corrected chi connectivity index (χ0v) is 16.3. The monoisotopic (exact) mass is 422 g/mol. The molecule has 0 bridgehead atoms. The lowest BCUT2D eigenvalue weighted by Crippen LogP contribution is -2.20. The van der Waals surface area contributed by atoms with Gasteiger partial charge in [-0.25, -0.2) is 0 Å². The average molecular weight is 423 g/mol. The second-order valence-electron chi connectivity index (χ2n) is 6.62. The van der Waals surface area contributed by atoms with Crippen molar-refractivity contribution < 1.29 is 18.0 Å². The summed E-state index contributed by atoms with van der Waals surface area (Å²) < 4.78 is 40.6. The van der Waals surface area contributed by atoms with Crippen molar-refractivity contribution in [3.63, 3.8) is 0 Å². The third-order valence-corrected chi connectivity index (χ3v) is 4.79. The zero-order chi connectivity index (χ0) is 21.2. The predicted molar refractivity (Wildman–Crippen MR) is 107 cm³/mol. The minimum absolute atomic E-state index is 0.159. The number of amides is 1. The van der Waals surface area contributed by atoms with Gasteiger partial charge in [0, 0.05) is 29.2 Å². The Bertz CT molecular complexity index is 1120. The lowest BCUT2D eigenvalue weighted by atomic mass is 10.1. The van der Waals surface area contributed by atoms with Crippen molar-refractivity contribution >= 4 is 34.0 Å². The van der Waals surface area contributed by atoms with Crippen molar-refractivity contribution in [1.82, 2.24) is 4.57 Å². The van der Waals surface area contributed by atoms with E-state index in [1.54, 1.807) is 35.0 Å². The highest BCUT2D eigenvalue weighted by atomic mass is 35.5. The minimum Gasteiger partial charge on any atom is -0.325 e. The number of nitrogens with one attached hydrogen (secondary N) is 1. The smallest absolute Gasteiger partial charge is 0.325 e. The molecule has 3 aromatic rings. The van der Waals surface area contributed by atoms with Crippen molar-refractivity contribution in [2.75, 3.05) is 5.32 Å². The summed E-state index contributed by atoms with van der Waals surface area (Å²) >= 11 is 5.61. The Morgan fingerprint density at radius 1 is 1.14 bits per heavy atom. The molecule has 1 N–H and O–H groups in total. The van der Waals surface area contributed by atoms with E-state index in [0.717, 1.165) is 18.6 Å². The van der Waals surface area contributed by atoms with Gasteiger partial charge in [0.2, 0.25) is 5.91 Å². The summed E-state index contributed by atoms with van der Waals surface area (Å²) in [5.41, 5.74) is -0.526. The molecular formula is C21H18ClF3N2O2. The number of halogens is 4. The Hall–Kier alpha value is -2.80. The van der Waals surface area contributed by atoms with Gasteiger partial charge in [0.15, 0.2) is 0 Å². The van der Waals surface area contributed by atoms with Gasteiger partial charge >= 0.3 is 6.18 Å². The molecule has 1 heterocycles. The van der Waals surface area contributed by atoms with Crippen LogP contribution in [-0.2, 0) is 23.9 Å². The molecule has 0 aliphatic carbocycles. The number of carbonyl (C=O) groups is 1. The summed E-state index contributed by atoms with van der Waals surface area (Å²) in [4.78, 5) is 25.0. The van der Waals surface area contributed by atoms with Crippen LogP contribution >= 0.6 is 11.6 Å². The van der Waals surface area contributed by atoms with E-state index in [-0.39, 0.29) is 17.5 Å². The van der Waals surface area contributed by atoms with Crippen LogP contribution in [0.4, 0.5) is 18.9 Å². The summed E-state index contributed by atoms with van der Waals surface area (Å²) in [5.74, 6) is -0.495. The summed E-state index contributed by atoms with van der Waals surface area (Å²) in [6, 6.07) is 10.1. The lowest BCUT2D eigenvalue weighted by Gasteiger charge is -2.12. The molecule has 0 atom stereocenters. The molecular weight excluding hydrogens is 405 g/mol. The summed E-state index contributed by atoms with van der Waals surface area (Å²) in [7, 11) is 0. The van der Waals surface area contributed by atoms with Gasteiger partial charge in [-0.3, -0.25) is 9.59 Å². The van der Waals surface area contributed by atoms with Crippen LogP contribution in [0.1, 0.15) is 24.5 Å². The lowest BCUT2D eigenvalue weighted by molar-refractivity contribution is -0.137. The van der Waals surface area contributed by atoms with Gasteiger partial charge in [-0.2, -0.15) is 13.2 Å². The molecule has 0 saturated heterocycles. The molecule has 2 aromatic carbocycles. The second kappa shape index (κ2) is 8.29. The maximum atomic E-state index is 13.0. The molecule has 0 aliphatic heterocycles. The zero-order valence-electron chi connectivity index (χ0n) is 15.5. The quantitative estimate of drug-likeness (QED) is 0.609. The van der Waals surface area contributed by atoms with Crippen LogP contribution in [0.3, 0.4) is 0 Å². The molecule has 3 rings (SSSR count). The molecule has 1 aromatic heterocycles. The van der Waals surface area contributed by atoms with E-state index in [2.05, 4.69) is 5.32 Å². The van der Waals surface area contributed by atoms with Crippen molar-refractivity contribution in [2.45, 2.75) is 32.5 Å². The molecule has 0 spiro atoms. The highest BCUT2D eigenvalue weighted by Crippen LogP contribution is 2.35. The Kier molecular flexibility index (Phi) is 5.98. The molecule has 0 saturated carbocycles. The van der Waals surface area contributed by atoms with Crippen molar-refractivity contribution in [3.05, 3.63) is 75.2 Å². The van der Waals surface area contributed by atoms with Gasteiger partial charge < -0.3 is 9.88 Å². The minimum atomic E-state index is -4.60. The number of aryl methyl sites for hydroxylation is 1. The maximum absolute atomic E-state index is 13.0. The number of aromatic nitrogens is 1. The van der Waals surface area contributed by atoms with Crippen LogP contribution in [-0.4, -0.2) is 10.5 Å². The number of pyridine rings is 1. The molecule has 0 aliphatic rings. The summed E-state index contributed by atoms with van der Waals surface area (Å²) in [5, 5.41) is 3.30. The van der Waals surface area contributed by atoms with E-state index in [1.807, 2.05) is 6.92 Å². The highest BCUT2D eigenvalue weighted by molar-refractivity contribution is 6.31. The number of rotatable bonds is 5. The van der Waals surface area contributed by atoms with E-state index in [1.165, 1.54) is 6.07 Å². The summed E-state index contributed by atoms with van der Waals surface area (Å²) in [6.45, 7) is 2.55. The normalized spacial score (nSPS) is 11.6. The van der Waals surface area contributed by atoms with Crippen molar-refractivity contribution in [2.24, 2.45) is 0 Å². The van der Waals surface area contributed by atoms with E-state index in [0.29, 0.717) is 23.0 Å². The fourth-order valence-electron chi connectivity index (χ4n) is 3.12. The first-order chi connectivity index (χ1) is 13.7. The Labute approximate surface area is 169 Å². The van der Waals surface area contributed by atoms with E-state index >= 15 is 0 Å². The van der Waals surface area contributed by atoms with Crippen LogP contribution in [0.25, 0.3) is 10.8 Å². The van der Waals surface area contributed by atoms with Crippen LogP contribution in [0.15, 0.2) is 53.5 Å². The number of hydrogen-bond donors (Lipinski definition) is 1. The fraction of sp³-hybridized carbons (Fsp3) is 0.238. The molecule has 29 heavy (non-hydrogen) atoms. The number of fused-ring (bicyclic) bond motifs is 1. The number of carbonyl (C=O) groups excluding carboxylic acids is 1. The molecule has 0 radical (unpaired) electrons. The topological polar surface area (TPSA) is 51.1 Å². The molecule has 152 valence electrons. The molecule has 0 unspecified atom stereocenters. The van der Waals surface area contributed by atoms with Crippen molar-refractivity contribution in [3.8, 4) is 0 Å². The van der Waals surface area contributed by atoms with Gasteiger partial charge in [0.05, 0.1) is 17.0 Å². The van der Waals surface area contributed by atoms with Crippen LogP contribution < -0.4 is 10.9 Å². The fourth-order valence-corrected chi connectivity index (χ4v) is 3.35. The molecule has 0 fully saturated rings. The third-order valence-electron chi connectivity index (χ3n) is 4.46. The third kappa shape index (κ3) is 4.62. The van der Waals surface area contributed by atoms with Gasteiger partial charge in [-0.05, 0) is 42.3 Å². The molecule has 4 nitrogen and oxygen atoms in total. The first kappa shape index (κ1) is 20.9. The molecule has 8 heteroatoms. The van der Waals surface area contributed by atoms with Gasteiger partial charge in [0.1, 0.15) is 0 Å². The number of anilines is 1. The largest absolute Gasteiger partial charge is 0.417 e. The number of hydrogen-bond acceptors (Lipinski definition) is 2. The Morgan fingerprint density at radius 2 is 1.90 bits per heavy atom. The first-order valence-corrected chi connectivity index (χ1v) is 9.36. The Morgan fingerprint density at radius 3 is 2.59 bits per heavy atom. The van der Waals surface area contributed by atoms with Crippen LogP contribution in [0.2, 0.25) is 5.02 Å². The van der Waals surface area contributed by atoms with E-state index < -0.39 is 22.7 Å². The predicted octanol–water partition coefficient (Wildman–Crippen LogP) is 5.26. The standard InChI is InChI=1S/C21H18ClF3N2O2/c1-2-9-27-10-8-14-15(20(27)29)4-3-5-18(14)26-19(28)12-13-6-7-17(22)16(11-13)21(23,24)25/h3-8,10-11H,2,9,12H2,1H3,(H,26,28). The van der Waals surface area contributed by atoms with E-state index in [4.69, 9.17) is 11.6 Å². The Balaban J connectivity index is 1.86. The van der Waals surface area contributed by atoms with Crippen LogP contribution in [0.5, 0.6) is 0 Å². The maximum Gasteiger partial charge on any atom is 0.417 e. The van der Waals surface area contributed by atoms with Gasteiger partial charge in [-0.15, -0.1) is 0 Å². The van der Waals surface area contributed by atoms with Gasteiger partial charge in [-0.1, -0.05) is 30.7 Å². The molecule has 1 amide bonds. The van der Waals surface area contributed by atoms with E-state index in [9.17, 15) is 22.8 Å². The van der Waals surface area contributed by atoms with Gasteiger partial charge in [0.25, 0.3) is 5.56 Å². The SMILES string of the molecule is CCCn1ccc2c(NC(=O)Cc3ccc(Cl)c(C(F)(F)F)c3)cccc2c1=O. The average Bonchev–Trinajstić information content (AvgIpc) is 2.65.